The maximum Gasteiger partial charge on any atom is 0.257 e. The van der Waals surface area contributed by atoms with Crippen molar-refractivity contribution in [1.29, 1.82) is 0 Å². The molecule has 3 rings (SSSR count). The minimum atomic E-state index is -0.729. The van der Waals surface area contributed by atoms with Gasteiger partial charge >= 0.3 is 0 Å². The van der Waals surface area contributed by atoms with Crippen LogP contribution in [0, 0.1) is 11.6 Å². The van der Waals surface area contributed by atoms with Gasteiger partial charge in [-0.05, 0) is 56.3 Å². The van der Waals surface area contributed by atoms with E-state index >= 15 is 0 Å². The van der Waals surface area contributed by atoms with Crippen LogP contribution in [0.25, 0.3) is 0 Å². The van der Waals surface area contributed by atoms with Crippen LogP contribution in [-0.4, -0.2) is 24.0 Å². The molecule has 3 aromatic rings. The zero-order valence-corrected chi connectivity index (χ0v) is 16.2. The lowest BCUT2D eigenvalue weighted by atomic mass is 10.2. The van der Waals surface area contributed by atoms with Crippen molar-refractivity contribution in [2.75, 3.05) is 28.6 Å². The zero-order chi connectivity index (χ0) is 20.8. The summed E-state index contributed by atoms with van der Waals surface area (Å²) in [7, 11) is 0. The van der Waals surface area contributed by atoms with Crippen LogP contribution in [0.15, 0.2) is 60.9 Å². The first kappa shape index (κ1) is 20.3. The van der Waals surface area contributed by atoms with Gasteiger partial charge in [-0.1, -0.05) is 0 Å². The molecule has 5 nitrogen and oxygen atoms in total. The molecule has 0 aliphatic heterocycles. The second kappa shape index (κ2) is 9.14. The van der Waals surface area contributed by atoms with Gasteiger partial charge in [-0.25, -0.2) is 8.78 Å². The predicted molar refractivity (Wildman–Crippen MR) is 112 cm³/mol. The molecule has 29 heavy (non-hydrogen) atoms. The van der Waals surface area contributed by atoms with Crippen molar-refractivity contribution >= 4 is 28.7 Å². The zero-order valence-electron chi connectivity index (χ0n) is 16.2. The number of amides is 1. The molecule has 1 amide bonds. The Bertz CT molecular complexity index is 988. The predicted octanol–water partition coefficient (Wildman–Crippen LogP) is 5.20. The molecular weight excluding hydrogens is 374 g/mol. The van der Waals surface area contributed by atoms with Crippen LogP contribution in [-0.2, 0) is 0 Å². The van der Waals surface area contributed by atoms with E-state index in [1.165, 1.54) is 18.5 Å². The van der Waals surface area contributed by atoms with Crippen molar-refractivity contribution in [3.63, 3.8) is 0 Å². The van der Waals surface area contributed by atoms with Crippen molar-refractivity contribution in [1.82, 2.24) is 4.98 Å². The minimum Gasteiger partial charge on any atom is -0.372 e. The average Bonchev–Trinajstić information content (AvgIpc) is 2.72. The smallest absolute Gasteiger partial charge is 0.257 e. The van der Waals surface area contributed by atoms with Gasteiger partial charge in [0, 0.05) is 36.7 Å². The Labute approximate surface area is 168 Å². The fraction of sp³-hybridized carbons (Fsp3) is 0.182. The molecule has 0 radical (unpaired) electrons. The van der Waals surface area contributed by atoms with E-state index in [-0.39, 0.29) is 11.6 Å². The lowest BCUT2D eigenvalue weighted by molar-refractivity contribution is 0.102. The molecule has 2 aromatic carbocycles. The van der Waals surface area contributed by atoms with Crippen molar-refractivity contribution in [3.8, 4) is 0 Å². The third-order valence-electron chi connectivity index (χ3n) is 4.46. The third kappa shape index (κ3) is 5.07. The number of carbonyl (C=O) groups excluding carboxylic acids is 1. The van der Waals surface area contributed by atoms with Gasteiger partial charge in [0.2, 0.25) is 0 Å². The van der Waals surface area contributed by atoms with Crippen molar-refractivity contribution < 1.29 is 13.6 Å². The van der Waals surface area contributed by atoms with E-state index < -0.39 is 11.6 Å². The first-order chi connectivity index (χ1) is 14.0. The standard InChI is InChI=1S/C22H22F2N4O/c1-3-28(4-2)19-8-6-17(7-9-19)27-22(29)15-11-18(14-25-13-15)26-21-10-5-16(23)12-20(21)24/h5-14,26H,3-4H2,1-2H3,(H,27,29). The molecule has 2 N–H and O–H groups in total. The Kier molecular flexibility index (Phi) is 6.39. The summed E-state index contributed by atoms with van der Waals surface area (Å²) in [4.78, 5) is 18.8. The Morgan fingerprint density at radius 1 is 0.966 bits per heavy atom. The van der Waals surface area contributed by atoms with Crippen molar-refractivity contribution in [3.05, 3.63) is 78.1 Å². The lowest BCUT2D eigenvalue weighted by Gasteiger charge is -2.21. The molecule has 150 valence electrons. The van der Waals surface area contributed by atoms with Gasteiger partial charge in [0.15, 0.2) is 0 Å². The average molecular weight is 396 g/mol. The number of carbonyl (C=O) groups is 1. The number of nitrogens with one attached hydrogen (secondary N) is 2. The first-order valence-electron chi connectivity index (χ1n) is 9.33. The second-order valence-corrected chi connectivity index (χ2v) is 6.38. The highest BCUT2D eigenvalue weighted by Gasteiger charge is 2.10. The van der Waals surface area contributed by atoms with Crippen LogP contribution < -0.4 is 15.5 Å². The molecule has 1 heterocycles. The van der Waals surface area contributed by atoms with Gasteiger partial charge in [0.25, 0.3) is 5.91 Å². The summed E-state index contributed by atoms with van der Waals surface area (Å²) < 4.78 is 26.9. The Morgan fingerprint density at radius 3 is 2.34 bits per heavy atom. The first-order valence-corrected chi connectivity index (χ1v) is 9.33. The molecule has 0 spiro atoms. The quantitative estimate of drug-likeness (QED) is 0.576. The van der Waals surface area contributed by atoms with Crippen molar-refractivity contribution in [2.24, 2.45) is 0 Å². The largest absolute Gasteiger partial charge is 0.372 e. The number of aromatic nitrogens is 1. The third-order valence-corrected chi connectivity index (χ3v) is 4.46. The normalized spacial score (nSPS) is 10.5. The minimum absolute atomic E-state index is 0.0951. The molecule has 0 aliphatic carbocycles. The molecule has 0 fully saturated rings. The number of nitrogens with zero attached hydrogens (tertiary/aromatic N) is 2. The van der Waals surface area contributed by atoms with Crippen LogP contribution in [0.4, 0.5) is 31.5 Å². The monoisotopic (exact) mass is 396 g/mol. The number of pyridine rings is 1. The van der Waals surface area contributed by atoms with Crippen LogP contribution in [0.2, 0.25) is 0 Å². The summed E-state index contributed by atoms with van der Waals surface area (Å²) in [5.41, 5.74) is 2.57. The molecule has 0 aliphatic rings. The molecule has 0 saturated heterocycles. The van der Waals surface area contributed by atoms with Gasteiger partial charge in [0.05, 0.1) is 23.1 Å². The van der Waals surface area contributed by atoms with Gasteiger partial charge in [-0.3, -0.25) is 9.78 Å². The van der Waals surface area contributed by atoms with E-state index in [4.69, 9.17) is 0 Å². The summed E-state index contributed by atoms with van der Waals surface area (Å²) in [6, 6.07) is 12.4. The Hall–Kier alpha value is -3.48. The molecule has 0 atom stereocenters. The molecule has 1 aromatic heterocycles. The van der Waals surface area contributed by atoms with E-state index in [1.807, 2.05) is 24.3 Å². The van der Waals surface area contributed by atoms with Gasteiger partial charge in [0.1, 0.15) is 11.6 Å². The molecular formula is C22H22F2N4O. The number of hydrogen-bond donors (Lipinski definition) is 2. The van der Waals surface area contributed by atoms with Crippen LogP contribution >= 0.6 is 0 Å². The lowest BCUT2D eigenvalue weighted by Crippen LogP contribution is -2.21. The van der Waals surface area contributed by atoms with Gasteiger partial charge in [-0.15, -0.1) is 0 Å². The topological polar surface area (TPSA) is 57.3 Å². The number of anilines is 4. The highest BCUT2D eigenvalue weighted by Crippen LogP contribution is 2.22. The van der Waals surface area contributed by atoms with E-state index in [9.17, 15) is 13.6 Å². The van der Waals surface area contributed by atoms with Crippen LogP contribution in [0.1, 0.15) is 24.2 Å². The maximum atomic E-state index is 13.8. The summed E-state index contributed by atoms with van der Waals surface area (Å²) in [6.45, 7) is 5.99. The highest BCUT2D eigenvalue weighted by atomic mass is 19.1. The van der Waals surface area contributed by atoms with E-state index in [1.54, 1.807) is 6.07 Å². The summed E-state index contributed by atoms with van der Waals surface area (Å²) >= 11 is 0. The van der Waals surface area contributed by atoms with E-state index in [0.717, 1.165) is 30.9 Å². The number of benzene rings is 2. The maximum absolute atomic E-state index is 13.8. The van der Waals surface area contributed by atoms with Crippen LogP contribution in [0.5, 0.6) is 0 Å². The molecule has 0 unspecified atom stereocenters. The molecule has 7 heteroatoms. The fourth-order valence-electron chi connectivity index (χ4n) is 2.93. The van der Waals surface area contributed by atoms with Gasteiger partial charge < -0.3 is 15.5 Å². The van der Waals surface area contributed by atoms with Gasteiger partial charge in [-0.2, -0.15) is 0 Å². The summed E-state index contributed by atoms with van der Waals surface area (Å²) in [6.07, 6.45) is 2.88. The number of rotatable bonds is 7. The molecule has 0 bridgehead atoms. The summed E-state index contributed by atoms with van der Waals surface area (Å²) in [5, 5.41) is 5.62. The summed E-state index contributed by atoms with van der Waals surface area (Å²) in [5.74, 6) is -1.73. The number of hydrogen-bond acceptors (Lipinski definition) is 4. The second-order valence-electron chi connectivity index (χ2n) is 6.38. The van der Waals surface area contributed by atoms with E-state index in [2.05, 4.69) is 34.4 Å². The number of halogens is 2. The molecule has 0 saturated carbocycles. The van der Waals surface area contributed by atoms with E-state index in [0.29, 0.717) is 16.9 Å². The van der Waals surface area contributed by atoms with Crippen molar-refractivity contribution in [2.45, 2.75) is 13.8 Å². The Morgan fingerprint density at radius 2 is 1.69 bits per heavy atom. The van der Waals surface area contributed by atoms with Crippen LogP contribution in [0.3, 0.4) is 0 Å². The fourth-order valence-corrected chi connectivity index (χ4v) is 2.93. The highest BCUT2D eigenvalue weighted by molar-refractivity contribution is 6.04. The Balaban J connectivity index is 1.70. The SMILES string of the molecule is CCN(CC)c1ccc(NC(=O)c2cncc(Nc3ccc(F)cc3F)c2)cc1.